The fourth-order valence-corrected chi connectivity index (χ4v) is 4.46. The maximum Gasteiger partial charge on any atom is 0.234 e. The van der Waals surface area contributed by atoms with Gasteiger partial charge in [0.05, 0.1) is 16.0 Å². The summed E-state index contributed by atoms with van der Waals surface area (Å²) < 4.78 is 16.5. The van der Waals surface area contributed by atoms with E-state index in [-0.39, 0.29) is 17.3 Å². The van der Waals surface area contributed by atoms with Crippen molar-refractivity contribution >= 4 is 44.9 Å². The number of halogens is 1. The zero-order valence-electron chi connectivity index (χ0n) is 14.8. The van der Waals surface area contributed by atoms with E-state index in [1.807, 2.05) is 24.3 Å². The van der Waals surface area contributed by atoms with Crippen LogP contribution in [-0.4, -0.2) is 36.9 Å². The van der Waals surface area contributed by atoms with Crippen molar-refractivity contribution in [3.8, 4) is 5.69 Å². The van der Waals surface area contributed by atoms with Crippen LogP contribution < -0.4 is 5.32 Å². The Morgan fingerprint density at radius 3 is 2.93 bits per heavy atom. The van der Waals surface area contributed by atoms with E-state index in [4.69, 9.17) is 0 Å². The van der Waals surface area contributed by atoms with Gasteiger partial charge in [-0.1, -0.05) is 12.1 Å². The van der Waals surface area contributed by atoms with Gasteiger partial charge in [-0.15, -0.1) is 28.2 Å². The van der Waals surface area contributed by atoms with Gasteiger partial charge in [0.2, 0.25) is 5.91 Å². The number of para-hydroxylation sites is 1. The normalized spacial score (nSPS) is 11.1. The van der Waals surface area contributed by atoms with Crippen LogP contribution in [0.3, 0.4) is 0 Å². The molecule has 0 fully saturated rings. The number of hydrogen-bond donors (Lipinski definition) is 1. The molecule has 7 nitrogen and oxygen atoms in total. The molecule has 0 unspecified atom stereocenters. The fraction of sp³-hybridized carbons (Fsp3) is 0.167. The van der Waals surface area contributed by atoms with Gasteiger partial charge in [0.15, 0.2) is 5.82 Å². The first-order chi connectivity index (χ1) is 13.6. The lowest BCUT2D eigenvalue weighted by Gasteiger charge is -2.08. The number of rotatable bonds is 6. The second-order valence-electron chi connectivity index (χ2n) is 5.92. The van der Waals surface area contributed by atoms with Crippen LogP contribution in [-0.2, 0) is 10.5 Å². The van der Waals surface area contributed by atoms with Gasteiger partial charge in [0, 0.05) is 11.4 Å². The SMILES string of the molecule is Cc1nnnn1-c1cc(NC(=O)CSCc2nc3ccccc3s2)ccc1F. The number of hydrogen-bond acceptors (Lipinski definition) is 7. The largest absolute Gasteiger partial charge is 0.325 e. The number of thioether (sulfide) groups is 1. The van der Waals surface area contributed by atoms with E-state index in [0.717, 1.165) is 15.2 Å². The fourth-order valence-electron chi connectivity index (χ4n) is 2.62. The summed E-state index contributed by atoms with van der Waals surface area (Å²) in [6.45, 7) is 1.67. The lowest BCUT2D eigenvalue weighted by Crippen LogP contribution is -2.15. The van der Waals surface area contributed by atoms with Crippen LogP contribution in [0, 0.1) is 12.7 Å². The van der Waals surface area contributed by atoms with Crippen LogP contribution >= 0.6 is 23.1 Å². The third kappa shape index (κ3) is 4.02. The molecule has 142 valence electrons. The molecular formula is C18H15FN6OS2. The average Bonchev–Trinajstić information content (AvgIpc) is 3.29. The molecule has 1 amide bonds. The number of aromatic nitrogens is 5. The molecule has 0 aliphatic rings. The van der Waals surface area contributed by atoms with Gasteiger partial charge in [-0.2, -0.15) is 4.68 Å². The van der Waals surface area contributed by atoms with Crippen LogP contribution in [0.25, 0.3) is 15.9 Å². The molecule has 0 spiro atoms. The van der Waals surface area contributed by atoms with Crippen molar-refractivity contribution in [3.63, 3.8) is 0 Å². The topological polar surface area (TPSA) is 85.6 Å². The summed E-state index contributed by atoms with van der Waals surface area (Å²) in [5.74, 6) is 0.738. The summed E-state index contributed by atoms with van der Waals surface area (Å²) >= 11 is 3.11. The van der Waals surface area contributed by atoms with Crippen molar-refractivity contribution in [2.24, 2.45) is 0 Å². The summed E-state index contributed by atoms with van der Waals surface area (Å²) in [6.07, 6.45) is 0. The number of nitrogens with one attached hydrogen (secondary N) is 1. The maximum absolute atomic E-state index is 14.1. The average molecular weight is 414 g/mol. The number of aryl methyl sites for hydroxylation is 1. The molecule has 2 aromatic carbocycles. The molecule has 2 heterocycles. The van der Waals surface area contributed by atoms with Crippen molar-refractivity contribution in [2.75, 3.05) is 11.1 Å². The van der Waals surface area contributed by atoms with Gasteiger partial charge in [0.25, 0.3) is 0 Å². The van der Waals surface area contributed by atoms with Gasteiger partial charge in [-0.3, -0.25) is 4.79 Å². The van der Waals surface area contributed by atoms with Crippen molar-refractivity contribution in [3.05, 3.63) is 59.1 Å². The molecule has 0 saturated heterocycles. The number of tetrazole rings is 1. The number of amides is 1. The Morgan fingerprint density at radius 1 is 1.29 bits per heavy atom. The quantitative estimate of drug-likeness (QED) is 0.519. The summed E-state index contributed by atoms with van der Waals surface area (Å²) in [5.41, 5.74) is 1.64. The molecule has 4 rings (SSSR count). The summed E-state index contributed by atoms with van der Waals surface area (Å²) in [5, 5.41) is 14.8. The van der Waals surface area contributed by atoms with Crippen LogP contribution in [0.15, 0.2) is 42.5 Å². The highest BCUT2D eigenvalue weighted by molar-refractivity contribution is 7.99. The van der Waals surface area contributed by atoms with Gasteiger partial charge >= 0.3 is 0 Å². The molecule has 4 aromatic rings. The Bertz CT molecular complexity index is 1110. The molecular weight excluding hydrogens is 399 g/mol. The minimum Gasteiger partial charge on any atom is -0.325 e. The van der Waals surface area contributed by atoms with Gasteiger partial charge in [0.1, 0.15) is 16.5 Å². The highest BCUT2D eigenvalue weighted by atomic mass is 32.2. The van der Waals surface area contributed by atoms with Crippen molar-refractivity contribution in [2.45, 2.75) is 12.7 Å². The van der Waals surface area contributed by atoms with Crippen molar-refractivity contribution in [1.82, 2.24) is 25.2 Å². The van der Waals surface area contributed by atoms with E-state index in [9.17, 15) is 9.18 Å². The van der Waals surface area contributed by atoms with Crippen LogP contribution in [0.1, 0.15) is 10.8 Å². The Balaban J connectivity index is 1.36. The lowest BCUT2D eigenvalue weighted by atomic mass is 10.2. The summed E-state index contributed by atoms with van der Waals surface area (Å²) in [7, 11) is 0. The number of anilines is 1. The number of carbonyl (C=O) groups is 1. The third-order valence-electron chi connectivity index (χ3n) is 3.88. The Hall–Kier alpha value is -2.85. The molecule has 10 heteroatoms. The number of benzene rings is 2. The molecule has 0 bridgehead atoms. The molecule has 0 aliphatic heterocycles. The van der Waals surface area contributed by atoms with Crippen LogP contribution in [0.2, 0.25) is 0 Å². The van der Waals surface area contributed by atoms with E-state index < -0.39 is 5.82 Å². The third-order valence-corrected chi connectivity index (χ3v) is 6.04. The first kappa shape index (κ1) is 18.5. The van der Waals surface area contributed by atoms with E-state index >= 15 is 0 Å². The van der Waals surface area contributed by atoms with E-state index in [1.54, 1.807) is 18.3 Å². The van der Waals surface area contributed by atoms with Crippen LogP contribution in [0.5, 0.6) is 0 Å². The Kier molecular flexibility index (Phi) is 5.31. The molecule has 0 aliphatic carbocycles. The van der Waals surface area contributed by atoms with Crippen molar-refractivity contribution in [1.29, 1.82) is 0 Å². The highest BCUT2D eigenvalue weighted by Gasteiger charge is 2.12. The molecule has 0 saturated carbocycles. The highest BCUT2D eigenvalue weighted by Crippen LogP contribution is 2.25. The maximum atomic E-state index is 14.1. The minimum atomic E-state index is -0.474. The zero-order valence-corrected chi connectivity index (χ0v) is 16.4. The van der Waals surface area contributed by atoms with Gasteiger partial charge in [-0.05, 0) is 47.7 Å². The predicted octanol–water partition coefficient (Wildman–Crippen LogP) is 3.59. The number of nitrogens with zero attached hydrogens (tertiary/aromatic N) is 5. The minimum absolute atomic E-state index is 0.169. The van der Waals surface area contributed by atoms with E-state index in [0.29, 0.717) is 17.3 Å². The Labute approximate surface area is 168 Å². The number of fused-ring (bicyclic) bond motifs is 1. The molecule has 0 radical (unpaired) electrons. The molecule has 0 atom stereocenters. The van der Waals surface area contributed by atoms with E-state index in [2.05, 4.69) is 25.8 Å². The second kappa shape index (κ2) is 8.03. The lowest BCUT2D eigenvalue weighted by molar-refractivity contribution is -0.113. The first-order valence-corrected chi connectivity index (χ1v) is 10.3. The van der Waals surface area contributed by atoms with Gasteiger partial charge < -0.3 is 5.32 Å². The van der Waals surface area contributed by atoms with Crippen molar-refractivity contribution < 1.29 is 9.18 Å². The monoisotopic (exact) mass is 414 g/mol. The Morgan fingerprint density at radius 2 is 2.14 bits per heavy atom. The smallest absolute Gasteiger partial charge is 0.234 e. The second-order valence-corrected chi connectivity index (χ2v) is 8.02. The molecule has 28 heavy (non-hydrogen) atoms. The summed E-state index contributed by atoms with van der Waals surface area (Å²) in [6, 6.07) is 12.3. The first-order valence-electron chi connectivity index (χ1n) is 8.37. The van der Waals surface area contributed by atoms with E-state index in [1.165, 1.54) is 34.6 Å². The standard InChI is InChI=1S/C18H15FN6OS2/c1-11-22-23-24-25(11)15-8-12(6-7-13(15)19)20-17(26)9-27-10-18-21-14-4-2-3-5-16(14)28-18/h2-8H,9-10H2,1H3,(H,20,26). The summed E-state index contributed by atoms with van der Waals surface area (Å²) in [4.78, 5) is 16.8. The van der Waals surface area contributed by atoms with Crippen LogP contribution in [0.4, 0.5) is 10.1 Å². The number of carbonyl (C=O) groups excluding carboxylic acids is 1. The molecule has 1 N–H and O–H groups in total. The van der Waals surface area contributed by atoms with Gasteiger partial charge in [-0.25, -0.2) is 9.37 Å². The molecule has 2 aromatic heterocycles. The number of thiazole rings is 1. The predicted molar refractivity (Wildman–Crippen MR) is 108 cm³/mol. The zero-order chi connectivity index (χ0) is 19.5.